The SMILES string of the molecule is Cc1ccc(OC(C)C(=O)c2ccc(Br)cc2)c(Cl)c1. The number of hydrogen-bond acceptors (Lipinski definition) is 2. The van der Waals surface area contributed by atoms with Gasteiger partial charge in [0.2, 0.25) is 5.78 Å². The van der Waals surface area contributed by atoms with E-state index in [4.69, 9.17) is 16.3 Å². The molecule has 0 fully saturated rings. The predicted octanol–water partition coefficient (Wildman–Crippen LogP) is 5.06. The second kappa shape index (κ2) is 6.42. The Bertz CT molecular complexity index is 623. The quantitative estimate of drug-likeness (QED) is 0.718. The van der Waals surface area contributed by atoms with E-state index in [2.05, 4.69) is 15.9 Å². The van der Waals surface area contributed by atoms with Gasteiger partial charge in [-0.1, -0.05) is 45.7 Å². The molecule has 2 nitrogen and oxygen atoms in total. The fourth-order valence-corrected chi connectivity index (χ4v) is 2.34. The summed E-state index contributed by atoms with van der Waals surface area (Å²) < 4.78 is 6.59. The number of Topliss-reactive ketones (excluding diaryl/α,β-unsaturated/α-hetero) is 1. The lowest BCUT2D eigenvalue weighted by Gasteiger charge is -2.15. The monoisotopic (exact) mass is 352 g/mol. The van der Waals surface area contributed by atoms with Gasteiger partial charge in [0.05, 0.1) is 5.02 Å². The van der Waals surface area contributed by atoms with Gasteiger partial charge in [0.15, 0.2) is 6.10 Å². The molecule has 2 rings (SSSR count). The Morgan fingerprint density at radius 1 is 1.20 bits per heavy atom. The van der Waals surface area contributed by atoms with Gasteiger partial charge in [-0.15, -0.1) is 0 Å². The fourth-order valence-electron chi connectivity index (χ4n) is 1.79. The largest absolute Gasteiger partial charge is 0.481 e. The van der Waals surface area contributed by atoms with Crippen LogP contribution < -0.4 is 4.74 Å². The molecule has 0 saturated carbocycles. The summed E-state index contributed by atoms with van der Waals surface area (Å²) in [5, 5.41) is 0.514. The molecule has 2 aromatic carbocycles. The maximum atomic E-state index is 12.3. The molecule has 0 bridgehead atoms. The Morgan fingerprint density at radius 3 is 2.45 bits per heavy atom. The standard InChI is InChI=1S/C16H14BrClO2/c1-10-3-8-15(14(18)9-10)20-11(2)16(19)12-4-6-13(17)7-5-12/h3-9,11H,1-2H3. The van der Waals surface area contributed by atoms with E-state index < -0.39 is 6.10 Å². The van der Waals surface area contributed by atoms with Crippen LogP contribution in [0.2, 0.25) is 5.02 Å². The molecule has 0 aliphatic carbocycles. The summed E-state index contributed by atoms with van der Waals surface area (Å²) in [5.41, 5.74) is 1.66. The lowest BCUT2D eigenvalue weighted by Crippen LogP contribution is -2.24. The highest BCUT2D eigenvalue weighted by Crippen LogP contribution is 2.26. The number of halogens is 2. The third kappa shape index (κ3) is 3.62. The fraction of sp³-hybridized carbons (Fsp3) is 0.188. The molecule has 0 spiro atoms. The van der Waals surface area contributed by atoms with E-state index in [9.17, 15) is 4.79 Å². The van der Waals surface area contributed by atoms with E-state index in [1.54, 1.807) is 25.1 Å². The summed E-state index contributed by atoms with van der Waals surface area (Å²) in [4.78, 5) is 12.3. The Kier molecular flexibility index (Phi) is 4.84. The predicted molar refractivity (Wildman–Crippen MR) is 84.8 cm³/mol. The number of hydrogen-bond donors (Lipinski definition) is 0. The van der Waals surface area contributed by atoms with Crippen molar-refractivity contribution in [3.05, 3.63) is 63.1 Å². The lowest BCUT2D eigenvalue weighted by atomic mass is 10.1. The van der Waals surface area contributed by atoms with Crippen LogP contribution in [0.15, 0.2) is 46.9 Å². The first-order valence-electron chi connectivity index (χ1n) is 6.20. The van der Waals surface area contributed by atoms with Crippen LogP contribution in [0.5, 0.6) is 5.75 Å². The average molecular weight is 354 g/mol. The minimum Gasteiger partial charge on any atom is -0.481 e. The normalized spacial score (nSPS) is 12.0. The van der Waals surface area contributed by atoms with Crippen molar-refractivity contribution in [1.29, 1.82) is 0 Å². The first kappa shape index (κ1) is 15.1. The zero-order chi connectivity index (χ0) is 14.7. The number of carbonyl (C=O) groups excluding carboxylic acids is 1. The molecule has 4 heteroatoms. The second-order valence-electron chi connectivity index (χ2n) is 4.57. The molecule has 1 atom stereocenters. The molecule has 0 aromatic heterocycles. The van der Waals surface area contributed by atoms with E-state index in [1.165, 1.54) is 0 Å². The first-order valence-corrected chi connectivity index (χ1v) is 7.37. The Labute approximate surface area is 131 Å². The van der Waals surface area contributed by atoms with Crippen molar-refractivity contribution < 1.29 is 9.53 Å². The summed E-state index contributed by atoms with van der Waals surface area (Å²) in [6.45, 7) is 3.67. The molecule has 1 unspecified atom stereocenters. The van der Waals surface area contributed by atoms with Gasteiger partial charge in [0.25, 0.3) is 0 Å². The lowest BCUT2D eigenvalue weighted by molar-refractivity contribution is 0.0818. The van der Waals surface area contributed by atoms with Crippen molar-refractivity contribution in [2.75, 3.05) is 0 Å². The van der Waals surface area contributed by atoms with Gasteiger partial charge in [-0.05, 0) is 43.7 Å². The number of benzene rings is 2. The topological polar surface area (TPSA) is 26.3 Å². The third-order valence-corrected chi connectivity index (χ3v) is 3.71. The van der Waals surface area contributed by atoms with Gasteiger partial charge in [-0.25, -0.2) is 0 Å². The van der Waals surface area contributed by atoms with E-state index in [-0.39, 0.29) is 5.78 Å². The zero-order valence-corrected chi connectivity index (χ0v) is 13.5. The average Bonchev–Trinajstić information content (AvgIpc) is 2.42. The Hall–Kier alpha value is -1.32. The molecule has 0 aliphatic rings. The van der Waals surface area contributed by atoms with Gasteiger partial charge < -0.3 is 4.74 Å². The number of carbonyl (C=O) groups is 1. The van der Waals surface area contributed by atoms with Gasteiger partial charge in [0.1, 0.15) is 5.75 Å². The van der Waals surface area contributed by atoms with Gasteiger partial charge in [0, 0.05) is 10.0 Å². The maximum Gasteiger partial charge on any atom is 0.202 e. The highest BCUT2D eigenvalue weighted by atomic mass is 79.9. The van der Waals surface area contributed by atoms with E-state index >= 15 is 0 Å². The maximum absolute atomic E-state index is 12.3. The number of ether oxygens (including phenoxy) is 1. The molecule has 0 heterocycles. The van der Waals surface area contributed by atoms with Crippen molar-refractivity contribution in [1.82, 2.24) is 0 Å². The molecule has 0 amide bonds. The Balaban J connectivity index is 2.13. The van der Waals surface area contributed by atoms with Crippen molar-refractivity contribution >= 4 is 33.3 Å². The van der Waals surface area contributed by atoms with Crippen LogP contribution in [-0.4, -0.2) is 11.9 Å². The van der Waals surface area contributed by atoms with E-state index in [1.807, 2.05) is 31.2 Å². The summed E-state index contributed by atoms with van der Waals surface area (Å²) in [6.07, 6.45) is -0.587. The summed E-state index contributed by atoms with van der Waals surface area (Å²) in [6, 6.07) is 12.7. The molecule has 0 N–H and O–H groups in total. The van der Waals surface area contributed by atoms with Crippen LogP contribution in [0, 0.1) is 6.92 Å². The molecule has 0 radical (unpaired) electrons. The zero-order valence-electron chi connectivity index (χ0n) is 11.2. The molecular formula is C16H14BrClO2. The molecular weight excluding hydrogens is 340 g/mol. The molecule has 0 aliphatic heterocycles. The molecule has 2 aromatic rings. The number of rotatable bonds is 4. The van der Waals surface area contributed by atoms with Crippen molar-refractivity contribution in [3.63, 3.8) is 0 Å². The molecule has 20 heavy (non-hydrogen) atoms. The second-order valence-corrected chi connectivity index (χ2v) is 5.89. The van der Waals surface area contributed by atoms with Crippen LogP contribution in [0.1, 0.15) is 22.8 Å². The van der Waals surface area contributed by atoms with Crippen LogP contribution in [0.25, 0.3) is 0 Å². The van der Waals surface area contributed by atoms with Crippen molar-refractivity contribution in [2.45, 2.75) is 20.0 Å². The van der Waals surface area contributed by atoms with Crippen LogP contribution >= 0.6 is 27.5 Å². The number of aryl methyl sites for hydroxylation is 1. The van der Waals surface area contributed by atoms with E-state index in [0.29, 0.717) is 16.3 Å². The van der Waals surface area contributed by atoms with Crippen LogP contribution in [0.3, 0.4) is 0 Å². The number of ketones is 1. The Morgan fingerprint density at radius 2 is 1.85 bits per heavy atom. The highest BCUT2D eigenvalue weighted by Gasteiger charge is 2.17. The highest BCUT2D eigenvalue weighted by molar-refractivity contribution is 9.10. The first-order chi connectivity index (χ1) is 9.47. The van der Waals surface area contributed by atoms with Crippen molar-refractivity contribution in [3.8, 4) is 5.75 Å². The van der Waals surface area contributed by atoms with Crippen LogP contribution in [-0.2, 0) is 0 Å². The summed E-state index contributed by atoms with van der Waals surface area (Å²) in [5.74, 6) is 0.448. The van der Waals surface area contributed by atoms with Gasteiger partial charge >= 0.3 is 0 Å². The molecule has 0 saturated heterocycles. The smallest absolute Gasteiger partial charge is 0.202 e. The third-order valence-electron chi connectivity index (χ3n) is 2.89. The van der Waals surface area contributed by atoms with Crippen LogP contribution in [0.4, 0.5) is 0 Å². The minimum atomic E-state index is -0.587. The van der Waals surface area contributed by atoms with Gasteiger partial charge in [-0.2, -0.15) is 0 Å². The minimum absolute atomic E-state index is 0.0749. The summed E-state index contributed by atoms with van der Waals surface area (Å²) >= 11 is 9.44. The summed E-state index contributed by atoms with van der Waals surface area (Å²) in [7, 11) is 0. The van der Waals surface area contributed by atoms with Gasteiger partial charge in [-0.3, -0.25) is 4.79 Å². The molecule has 104 valence electrons. The van der Waals surface area contributed by atoms with E-state index in [0.717, 1.165) is 10.0 Å². The van der Waals surface area contributed by atoms with Crippen molar-refractivity contribution in [2.24, 2.45) is 0 Å².